The first-order valence-electron chi connectivity index (χ1n) is 9.89. The molecule has 30 heavy (non-hydrogen) atoms. The molecule has 160 valence electrons. The average molecular weight is 432 g/mol. The Morgan fingerprint density at radius 3 is 2.80 bits per heavy atom. The maximum Gasteiger partial charge on any atom is 0.249 e. The molecule has 0 aliphatic carbocycles. The molecule has 2 heterocycles. The summed E-state index contributed by atoms with van der Waals surface area (Å²) >= 11 is 6.31. The Hall–Kier alpha value is -2.77. The van der Waals surface area contributed by atoms with Gasteiger partial charge in [0.2, 0.25) is 5.91 Å². The van der Waals surface area contributed by atoms with E-state index in [2.05, 4.69) is 15.2 Å². The van der Waals surface area contributed by atoms with Crippen LogP contribution < -0.4 is 19.7 Å². The third kappa shape index (κ3) is 5.87. The monoisotopic (exact) mass is 431 g/mol. The Balaban J connectivity index is 1.62. The summed E-state index contributed by atoms with van der Waals surface area (Å²) in [6.45, 7) is 5.66. The highest BCUT2D eigenvalue weighted by molar-refractivity contribution is 6.32. The molecule has 0 atom stereocenters. The van der Waals surface area contributed by atoms with Crippen molar-refractivity contribution >= 4 is 35.1 Å². The second-order valence-electron chi connectivity index (χ2n) is 6.71. The molecule has 1 aromatic heterocycles. The zero-order chi connectivity index (χ0) is 21.3. The lowest BCUT2D eigenvalue weighted by molar-refractivity contribution is -0.111. The zero-order valence-corrected chi connectivity index (χ0v) is 17.9. The number of hydrogen-bond donors (Lipinski definition) is 1. The second kappa shape index (κ2) is 10.8. The molecular weight excluding hydrogens is 406 g/mol. The molecule has 8 heteroatoms. The molecule has 0 unspecified atom stereocenters. The maximum atomic E-state index is 12.3. The van der Waals surface area contributed by atoms with Gasteiger partial charge in [-0.15, -0.1) is 0 Å². The number of halogens is 1. The standard InChI is InChI=1S/C22H26ClN3O4/c1-3-10-30-22-18(23)13-16(14-19(22)28-2)4-7-21(27)25-20-6-5-17(15-24-20)26-8-11-29-12-9-26/h4-7,13-15H,3,8-12H2,1-2H3,(H,24,25,27)/b7-4+. The van der Waals surface area contributed by atoms with Gasteiger partial charge >= 0.3 is 0 Å². The van der Waals surface area contributed by atoms with Crippen molar-refractivity contribution in [2.45, 2.75) is 13.3 Å². The molecule has 0 spiro atoms. The quantitative estimate of drug-likeness (QED) is 0.636. The van der Waals surface area contributed by atoms with Gasteiger partial charge in [-0.25, -0.2) is 4.98 Å². The first-order chi connectivity index (χ1) is 14.6. The van der Waals surface area contributed by atoms with Gasteiger partial charge in [0.15, 0.2) is 11.5 Å². The molecule has 0 saturated carbocycles. The number of morpholine rings is 1. The minimum Gasteiger partial charge on any atom is -0.493 e. The average Bonchev–Trinajstić information content (AvgIpc) is 2.77. The van der Waals surface area contributed by atoms with E-state index in [1.54, 1.807) is 37.6 Å². The number of ether oxygens (including phenoxy) is 3. The van der Waals surface area contributed by atoms with Gasteiger partial charge < -0.3 is 24.4 Å². The molecule has 1 aromatic carbocycles. The van der Waals surface area contributed by atoms with Gasteiger partial charge in [-0.1, -0.05) is 18.5 Å². The predicted octanol–water partition coefficient (Wildman–Crippen LogP) is 4.02. The molecule has 1 N–H and O–H groups in total. The molecule has 1 saturated heterocycles. The summed E-state index contributed by atoms with van der Waals surface area (Å²) in [5.41, 5.74) is 1.74. The van der Waals surface area contributed by atoms with E-state index >= 15 is 0 Å². The SMILES string of the molecule is CCCOc1c(Cl)cc(/C=C/C(=O)Nc2ccc(N3CCOCC3)cn2)cc1OC. The molecule has 3 rings (SSSR count). The van der Waals surface area contributed by atoms with Gasteiger partial charge in [-0.2, -0.15) is 0 Å². The van der Waals surface area contributed by atoms with E-state index in [-0.39, 0.29) is 5.91 Å². The lowest BCUT2D eigenvalue weighted by Crippen LogP contribution is -2.36. The van der Waals surface area contributed by atoms with Crippen molar-refractivity contribution in [1.82, 2.24) is 4.98 Å². The molecule has 1 aliphatic rings. The summed E-state index contributed by atoms with van der Waals surface area (Å²) in [6, 6.07) is 7.23. The Bertz CT molecular complexity index is 881. The molecule has 0 bridgehead atoms. The Labute approximate surface area is 181 Å². The third-order valence-corrected chi connectivity index (χ3v) is 4.79. The number of hydrogen-bond acceptors (Lipinski definition) is 6. The number of anilines is 2. The van der Waals surface area contributed by atoms with Crippen LogP contribution in [0, 0.1) is 0 Å². The van der Waals surface area contributed by atoms with Gasteiger partial charge in [0, 0.05) is 19.2 Å². The van der Waals surface area contributed by atoms with Crippen LogP contribution in [-0.2, 0) is 9.53 Å². The topological polar surface area (TPSA) is 72.9 Å². The van der Waals surface area contributed by atoms with Crippen LogP contribution in [0.4, 0.5) is 11.5 Å². The Kier molecular flexibility index (Phi) is 7.93. The second-order valence-corrected chi connectivity index (χ2v) is 7.11. The summed E-state index contributed by atoms with van der Waals surface area (Å²) in [5.74, 6) is 1.23. The van der Waals surface area contributed by atoms with E-state index in [0.29, 0.717) is 42.2 Å². The van der Waals surface area contributed by atoms with Crippen LogP contribution in [-0.4, -0.2) is 50.9 Å². The number of amides is 1. The van der Waals surface area contributed by atoms with Crippen molar-refractivity contribution in [3.8, 4) is 11.5 Å². The number of nitrogens with zero attached hydrogens (tertiary/aromatic N) is 2. The molecule has 1 aliphatic heterocycles. The van der Waals surface area contributed by atoms with E-state index in [1.165, 1.54) is 6.08 Å². The molecule has 1 amide bonds. The Morgan fingerprint density at radius 1 is 1.33 bits per heavy atom. The van der Waals surface area contributed by atoms with Crippen molar-refractivity contribution in [2.75, 3.05) is 50.2 Å². The van der Waals surface area contributed by atoms with Gasteiger partial charge in [-0.3, -0.25) is 4.79 Å². The van der Waals surface area contributed by atoms with Crippen LogP contribution >= 0.6 is 11.6 Å². The van der Waals surface area contributed by atoms with Crippen LogP contribution in [0.15, 0.2) is 36.5 Å². The molecular formula is C22H26ClN3O4. The number of methoxy groups -OCH3 is 1. The molecule has 0 radical (unpaired) electrons. The van der Waals surface area contributed by atoms with Gasteiger partial charge in [0.25, 0.3) is 0 Å². The number of aromatic nitrogens is 1. The predicted molar refractivity (Wildman–Crippen MR) is 119 cm³/mol. The summed E-state index contributed by atoms with van der Waals surface area (Å²) in [4.78, 5) is 18.8. The number of carbonyl (C=O) groups excluding carboxylic acids is 1. The maximum absolute atomic E-state index is 12.3. The summed E-state index contributed by atoms with van der Waals surface area (Å²) in [6.07, 6.45) is 5.71. The van der Waals surface area contributed by atoms with Gasteiger partial charge in [0.05, 0.1) is 43.8 Å². The molecule has 1 fully saturated rings. The fraction of sp³-hybridized carbons (Fsp3) is 0.364. The van der Waals surface area contributed by atoms with Crippen LogP contribution in [0.1, 0.15) is 18.9 Å². The fourth-order valence-electron chi connectivity index (χ4n) is 2.99. The number of benzene rings is 1. The van der Waals surface area contributed by atoms with Crippen LogP contribution in [0.5, 0.6) is 11.5 Å². The first kappa shape index (κ1) is 21.9. The minimum atomic E-state index is -0.289. The highest BCUT2D eigenvalue weighted by Gasteiger charge is 2.12. The van der Waals surface area contributed by atoms with Gasteiger partial charge in [-0.05, 0) is 42.3 Å². The van der Waals surface area contributed by atoms with E-state index in [0.717, 1.165) is 30.8 Å². The van der Waals surface area contributed by atoms with Crippen LogP contribution in [0.3, 0.4) is 0 Å². The lowest BCUT2D eigenvalue weighted by atomic mass is 10.2. The van der Waals surface area contributed by atoms with Crippen molar-refractivity contribution in [2.24, 2.45) is 0 Å². The summed E-state index contributed by atoms with van der Waals surface area (Å²) in [7, 11) is 1.55. The fourth-order valence-corrected chi connectivity index (χ4v) is 3.26. The summed E-state index contributed by atoms with van der Waals surface area (Å²) < 4.78 is 16.4. The third-order valence-electron chi connectivity index (χ3n) is 4.50. The largest absolute Gasteiger partial charge is 0.493 e. The first-order valence-corrected chi connectivity index (χ1v) is 10.3. The number of rotatable bonds is 8. The normalized spacial score (nSPS) is 14.0. The van der Waals surface area contributed by atoms with Gasteiger partial charge in [0.1, 0.15) is 5.82 Å². The Morgan fingerprint density at radius 2 is 2.13 bits per heavy atom. The number of carbonyl (C=O) groups is 1. The van der Waals surface area contributed by atoms with E-state index in [4.69, 9.17) is 25.8 Å². The number of nitrogens with one attached hydrogen (secondary N) is 1. The van der Waals surface area contributed by atoms with Crippen molar-refractivity contribution < 1.29 is 19.0 Å². The van der Waals surface area contributed by atoms with Crippen molar-refractivity contribution in [1.29, 1.82) is 0 Å². The zero-order valence-electron chi connectivity index (χ0n) is 17.2. The lowest BCUT2D eigenvalue weighted by Gasteiger charge is -2.28. The van der Waals surface area contributed by atoms with Crippen molar-refractivity contribution in [3.63, 3.8) is 0 Å². The smallest absolute Gasteiger partial charge is 0.249 e. The van der Waals surface area contributed by atoms with Crippen LogP contribution in [0.2, 0.25) is 5.02 Å². The van der Waals surface area contributed by atoms with Crippen LogP contribution in [0.25, 0.3) is 6.08 Å². The van der Waals surface area contributed by atoms with Crippen molar-refractivity contribution in [3.05, 3.63) is 47.1 Å². The number of pyridine rings is 1. The molecule has 7 nitrogen and oxygen atoms in total. The van der Waals surface area contributed by atoms with E-state index in [9.17, 15) is 4.79 Å². The highest BCUT2D eigenvalue weighted by Crippen LogP contribution is 2.36. The highest BCUT2D eigenvalue weighted by atomic mass is 35.5. The molecule has 2 aromatic rings. The van der Waals surface area contributed by atoms with E-state index in [1.807, 2.05) is 13.0 Å². The van der Waals surface area contributed by atoms with E-state index < -0.39 is 0 Å². The minimum absolute atomic E-state index is 0.289. The summed E-state index contributed by atoms with van der Waals surface area (Å²) in [5, 5.41) is 3.19.